The molecule has 2 nitrogen and oxygen atoms in total. The highest BCUT2D eigenvalue weighted by atomic mass is 16.3. The van der Waals surface area contributed by atoms with Crippen LogP contribution in [-0.2, 0) is 0 Å². The van der Waals surface area contributed by atoms with Gasteiger partial charge in [0.1, 0.15) is 11.5 Å². The monoisotopic (exact) mass is 364 g/mol. The number of furan rings is 1. The second-order valence-corrected chi connectivity index (χ2v) is 6.60. The Morgan fingerprint density at radius 2 is 1.39 bits per heavy atom. The molecule has 4 rings (SSSR count). The number of benzene rings is 3. The Hall–Kier alpha value is -3.65. The van der Waals surface area contributed by atoms with Crippen molar-refractivity contribution >= 4 is 17.4 Å². The van der Waals surface area contributed by atoms with E-state index in [1.165, 1.54) is 0 Å². The fourth-order valence-electron chi connectivity index (χ4n) is 3.25. The molecule has 0 saturated carbocycles. The van der Waals surface area contributed by atoms with Crippen LogP contribution < -0.4 is 0 Å². The molecule has 0 bridgehead atoms. The molecule has 0 aliphatic rings. The van der Waals surface area contributed by atoms with Gasteiger partial charge in [0.15, 0.2) is 5.78 Å². The van der Waals surface area contributed by atoms with Crippen molar-refractivity contribution in [3.05, 3.63) is 120 Å². The summed E-state index contributed by atoms with van der Waals surface area (Å²) in [6, 6.07) is 31.7. The van der Waals surface area contributed by atoms with Gasteiger partial charge >= 0.3 is 0 Å². The van der Waals surface area contributed by atoms with Gasteiger partial charge in [-0.15, -0.1) is 0 Å². The highest BCUT2D eigenvalue weighted by Gasteiger charge is 2.13. The van der Waals surface area contributed by atoms with E-state index in [1.807, 2.05) is 103 Å². The van der Waals surface area contributed by atoms with E-state index < -0.39 is 0 Å². The van der Waals surface area contributed by atoms with Crippen LogP contribution in [0.15, 0.2) is 101 Å². The van der Waals surface area contributed by atoms with Gasteiger partial charge in [0.05, 0.1) is 0 Å². The van der Waals surface area contributed by atoms with Crippen molar-refractivity contribution in [3.63, 3.8) is 0 Å². The molecular weight excluding hydrogens is 344 g/mol. The Balaban J connectivity index is 1.85. The molecule has 1 aromatic heterocycles. The molecule has 136 valence electrons. The maximum absolute atomic E-state index is 12.1. The first-order valence-corrected chi connectivity index (χ1v) is 9.25. The molecule has 0 aliphatic carbocycles. The summed E-state index contributed by atoms with van der Waals surface area (Å²) in [7, 11) is 0. The largest absolute Gasteiger partial charge is 0.456 e. The van der Waals surface area contributed by atoms with Gasteiger partial charge in [-0.3, -0.25) is 4.79 Å². The van der Waals surface area contributed by atoms with Crippen LogP contribution >= 0.6 is 0 Å². The summed E-state index contributed by atoms with van der Waals surface area (Å²) in [5, 5.41) is 0. The van der Waals surface area contributed by atoms with E-state index in [-0.39, 0.29) is 5.78 Å². The van der Waals surface area contributed by atoms with E-state index in [0.717, 1.165) is 33.8 Å². The first kappa shape index (κ1) is 17.7. The Morgan fingerprint density at radius 3 is 2.11 bits per heavy atom. The minimum absolute atomic E-state index is 0.0451. The molecule has 1 heterocycles. The van der Waals surface area contributed by atoms with Crippen molar-refractivity contribution in [2.45, 2.75) is 6.92 Å². The number of Topliss-reactive ketones (excluding diaryl/α,β-unsaturated/α-hetero) is 1. The number of ketones is 1. The summed E-state index contributed by atoms with van der Waals surface area (Å²) >= 11 is 0. The Labute approximate surface area is 164 Å². The second kappa shape index (κ2) is 7.93. The van der Waals surface area contributed by atoms with Crippen LogP contribution in [0.4, 0.5) is 0 Å². The minimum atomic E-state index is 0.0451. The van der Waals surface area contributed by atoms with E-state index in [1.54, 1.807) is 6.92 Å². The smallest absolute Gasteiger partial charge is 0.160 e. The molecular formula is C26H20O2. The molecule has 0 fully saturated rings. The summed E-state index contributed by atoms with van der Waals surface area (Å²) in [4.78, 5) is 12.1. The minimum Gasteiger partial charge on any atom is -0.456 e. The molecule has 0 saturated heterocycles. The molecule has 0 unspecified atom stereocenters. The Kier molecular flexibility index (Phi) is 5.03. The maximum atomic E-state index is 12.1. The van der Waals surface area contributed by atoms with Gasteiger partial charge in [-0.2, -0.15) is 0 Å². The lowest BCUT2D eigenvalue weighted by atomic mass is 9.97. The van der Waals surface area contributed by atoms with Crippen LogP contribution in [-0.4, -0.2) is 5.78 Å². The van der Waals surface area contributed by atoms with Crippen LogP contribution in [0.25, 0.3) is 23.0 Å². The third kappa shape index (κ3) is 3.72. The lowest BCUT2D eigenvalue weighted by Crippen LogP contribution is -1.96. The molecule has 3 aromatic carbocycles. The van der Waals surface area contributed by atoms with Gasteiger partial charge < -0.3 is 4.42 Å². The maximum Gasteiger partial charge on any atom is 0.160 e. The zero-order chi connectivity index (χ0) is 19.3. The standard InChI is InChI=1S/C26H20O2/c1-19(27)23-15-9-8-14-22(23)18-24(20-10-4-2-5-11-20)26-17-16-25(28-26)21-12-6-3-7-13-21/h2-18H,1H3/b24-18-. The predicted molar refractivity (Wildman–Crippen MR) is 114 cm³/mol. The third-order valence-electron chi connectivity index (χ3n) is 4.65. The van der Waals surface area contributed by atoms with Crippen LogP contribution in [0.3, 0.4) is 0 Å². The lowest BCUT2D eigenvalue weighted by molar-refractivity contribution is 0.101. The SMILES string of the molecule is CC(=O)c1ccccc1/C=C(/c1ccccc1)c1ccc(-c2ccccc2)o1. The molecule has 0 atom stereocenters. The highest BCUT2D eigenvalue weighted by molar-refractivity contribution is 6.01. The average Bonchev–Trinajstić information content (AvgIpc) is 3.23. The van der Waals surface area contributed by atoms with Crippen molar-refractivity contribution in [1.82, 2.24) is 0 Å². The molecule has 0 radical (unpaired) electrons. The second-order valence-electron chi connectivity index (χ2n) is 6.60. The first-order valence-electron chi connectivity index (χ1n) is 9.25. The molecule has 0 aliphatic heterocycles. The van der Waals surface area contributed by atoms with Crippen molar-refractivity contribution in [3.8, 4) is 11.3 Å². The lowest BCUT2D eigenvalue weighted by Gasteiger charge is -2.08. The van der Waals surface area contributed by atoms with E-state index in [9.17, 15) is 4.79 Å². The van der Waals surface area contributed by atoms with Crippen LogP contribution in [0.2, 0.25) is 0 Å². The van der Waals surface area contributed by atoms with E-state index in [4.69, 9.17) is 4.42 Å². The molecule has 2 heteroatoms. The van der Waals surface area contributed by atoms with Crippen molar-refractivity contribution in [2.24, 2.45) is 0 Å². The summed E-state index contributed by atoms with van der Waals surface area (Å²) in [6.45, 7) is 1.59. The fourth-order valence-corrected chi connectivity index (χ4v) is 3.25. The van der Waals surface area contributed by atoms with Gasteiger partial charge in [-0.05, 0) is 36.3 Å². The third-order valence-corrected chi connectivity index (χ3v) is 4.65. The average molecular weight is 364 g/mol. The predicted octanol–water partition coefficient (Wildman–Crippen LogP) is 6.74. The topological polar surface area (TPSA) is 30.2 Å². The zero-order valence-electron chi connectivity index (χ0n) is 15.6. The van der Waals surface area contributed by atoms with E-state index in [2.05, 4.69) is 0 Å². The molecule has 28 heavy (non-hydrogen) atoms. The summed E-state index contributed by atoms with van der Waals surface area (Å²) < 4.78 is 6.21. The molecule has 0 spiro atoms. The quantitative estimate of drug-likeness (QED) is 0.290. The van der Waals surface area contributed by atoms with Crippen LogP contribution in [0, 0.1) is 0 Å². The van der Waals surface area contributed by atoms with Crippen molar-refractivity contribution in [2.75, 3.05) is 0 Å². The van der Waals surface area contributed by atoms with Crippen molar-refractivity contribution in [1.29, 1.82) is 0 Å². The summed E-state index contributed by atoms with van der Waals surface area (Å²) in [5.74, 6) is 1.63. The van der Waals surface area contributed by atoms with Gasteiger partial charge in [0.2, 0.25) is 0 Å². The van der Waals surface area contributed by atoms with Gasteiger partial charge in [0.25, 0.3) is 0 Å². The number of carbonyl (C=O) groups excluding carboxylic acids is 1. The fraction of sp³-hybridized carbons (Fsp3) is 0.0385. The number of rotatable bonds is 5. The Morgan fingerprint density at radius 1 is 0.750 bits per heavy atom. The summed E-state index contributed by atoms with van der Waals surface area (Å²) in [6.07, 6.45) is 2.03. The van der Waals surface area contributed by atoms with Crippen LogP contribution in [0.1, 0.15) is 34.2 Å². The van der Waals surface area contributed by atoms with E-state index >= 15 is 0 Å². The zero-order valence-corrected chi connectivity index (χ0v) is 15.6. The Bertz CT molecular complexity index is 1120. The molecule has 0 N–H and O–H groups in total. The molecule has 4 aromatic rings. The number of hydrogen-bond donors (Lipinski definition) is 0. The van der Waals surface area contributed by atoms with Gasteiger partial charge in [0, 0.05) is 16.7 Å². The van der Waals surface area contributed by atoms with Crippen molar-refractivity contribution < 1.29 is 9.21 Å². The molecule has 0 amide bonds. The highest BCUT2D eigenvalue weighted by Crippen LogP contribution is 2.31. The first-order chi connectivity index (χ1) is 13.7. The number of hydrogen-bond acceptors (Lipinski definition) is 2. The van der Waals surface area contributed by atoms with Gasteiger partial charge in [-0.1, -0.05) is 84.9 Å². The van der Waals surface area contributed by atoms with E-state index in [0.29, 0.717) is 5.56 Å². The number of carbonyl (C=O) groups is 1. The normalized spacial score (nSPS) is 11.4. The summed E-state index contributed by atoms with van der Waals surface area (Å²) in [5.41, 5.74) is 4.59. The van der Waals surface area contributed by atoms with Gasteiger partial charge in [-0.25, -0.2) is 0 Å². The van der Waals surface area contributed by atoms with Crippen LogP contribution in [0.5, 0.6) is 0 Å².